The number of carbonyl (C=O) groups is 1. The normalized spacial score (nSPS) is 15.8. The minimum Gasteiger partial charge on any atom is -0.542 e. The number of piperidine rings is 1. The molecule has 0 saturated carbocycles. The van der Waals surface area contributed by atoms with Crippen LogP contribution in [0.2, 0.25) is 0 Å². The van der Waals surface area contributed by atoms with Gasteiger partial charge < -0.3 is 14.8 Å². The van der Waals surface area contributed by atoms with E-state index in [2.05, 4.69) is 14.7 Å². The fourth-order valence-electron chi connectivity index (χ4n) is 2.90. The molecule has 1 aliphatic rings. The van der Waals surface area contributed by atoms with Crippen LogP contribution < -0.4 is 44.3 Å². The summed E-state index contributed by atoms with van der Waals surface area (Å²) in [4.78, 5) is 21.3. The van der Waals surface area contributed by atoms with Crippen molar-refractivity contribution in [3.63, 3.8) is 0 Å². The Kier molecular flexibility index (Phi) is 6.39. The maximum Gasteiger partial charge on any atom is 1.00 e. The predicted molar refractivity (Wildman–Crippen MR) is 87.1 cm³/mol. The van der Waals surface area contributed by atoms with E-state index in [1.807, 2.05) is 17.0 Å². The average molecular weight is 372 g/mol. The molecule has 1 fully saturated rings. The minimum atomic E-state index is -3.24. The van der Waals surface area contributed by atoms with Crippen LogP contribution >= 0.6 is 0 Å². The molecule has 0 spiro atoms. The van der Waals surface area contributed by atoms with Crippen LogP contribution in [0.5, 0.6) is 0 Å². The number of hydrogen-bond acceptors (Lipinski definition) is 7. The number of anilines is 1. The Bertz CT molecular complexity index is 882. The predicted octanol–water partition coefficient (Wildman–Crippen LogP) is -3.48. The van der Waals surface area contributed by atoms with Gasteiger partial charge in [0.1, 0.15) is 11.8 Å². The summed E-state index contributed by atoms with van der Waals surface area (Å²) in [5.41, 5.74) is 0.540. The van der Waals surface area contributed by atoms with Gasteiger partial charge in [-0.1, -0.05) is 12.1 Å². The van der Waals surface area contributed by atoms with Crippen LogP contribution in [0, 0.1) is 0 Å². The molecule has 0 bridgehead atoms. The molecule has 2 heterocycles. The summed E-state index contributed by atoms with van der Waals surface area (Å²) in [7, 11) is -3.24. The number of para-hydroxylation sites is 1. The molecule has 0 amide bonds. The maximum absolute atomic E-state index is 11.3. The molecule has 25 heavy (non-hydrogen) atoms. The second-order valence-corrected chi connectivity index (χ2v) is 7.61. The van der Waals surface area contributed by atoms with Crippen molar-refractivity contribution in [2.45, 2.75) is 18.9 Å². The molecule has 128 valence electrons. The third kappa shape index (κ3) is 4.89. The van der Waals surface area contributed by atoms with Gasteiger partial charge in [-0.25, -0.2) is 23.1 Å². The third-order valence-electron chi connectivity index (χ3n) is 3.94. The van der Waals surface area contributed by atoms with Gasteiger partial charge in [0.05, 0.1) is 11.8 Å². The number of fused-ring (bicyclic) bond motifs is 1. The Morgan fingerprint density at radius 2 is 1.88 bits per heavy atom. The summed E-state index contributed by atoms with van der Waals surface area (Å²) in [5, 5.41) is 11.9. The van der Waals surface area contributed by atoms with Crippen molar-refractivity contribution >= 4 is 32.7 Å². The molecule has 1 aromatic carbocycles. The monoisotopic (exact) mass is 372 g/mol. The molecule has 0 atom stereocenters. The van der Waals surface area contributed by atoms with Gasteiger partial charge in [-0.2, -0.15) is 0 Å². The van der Waals surface area contributed by atoms with E-state index in [9.17, 15) is 18.3 Å². The summed E-state index contributed by atoms with van der Waals surface area (Å²) in [6.45, 7) is 1.14. The van der Waals surface area contributed by atoms with Crippen LogP contribution in [-0.4, -0.2) is 49.7 Å². The molecule has 2 aromatic rings. The van der Waals surface area contributed by atoms with E-state index in [1.54, 1.807) is 12.1 Å². The fraction of sp³-hybridized carbons (Fsp3) is 0.400. The number of carbonyl (C=O) groups excluding carboxylic acids is 1. The van der Waals surface area contributed by atoms with Gasteiger partial charge in [-0.05, 0) is 25.0 Å². The summed E-state index contributed by atoms with van der Waals surface area (Å²) in [6.07, 6.45) is 2.38. The van der Waals surface area contributed by atoms with Gasteiger partial charge in [-0.3, -0.25) is 0 Å². The van der Waals surface area contributed by atoms with E-state index < -0.39 is 16.0 Å². The Morgan fingerprint density at radius 1 is 1.24 bits per heavy atom. The van der Waals surface area contributed by atoms with Crippen LogP contribution in [0.25, 0.3) is 10.9 Å². The van der Waals surface area contributed by atoms with Crippen molar-refractivity contribution in [1.82, 2.24) is 14.7 Å². The van der Waals surface area contributed by atoms with E-state index in [0.29, 0.717) is 37.3 Å². The first-order valence-corrected chi connectivity index (χ1v) is 9.43. The molecule has 10 heteroatoms. The number of hydrogen-bond donors (Lipinski definition) is 1. The van der Waals surface area contributed by atoms with Gasteiger partial charge in [-0.15, -0.1) is 0 Å². The zero-order chi connectivity index (χ0) is 17.3. The SMILES string of the molecule is CS(=O)(=O)NC1CCN(c2nc(C(=O)[O-])nc3ccccc23)CC1.[Na+]. The first-order valence-electron chi connectivity index (χ1n) is 7.54. The fourth-order valence-corrected chi connectivity index (χ4v) is 3.75. The first-order chi connectivity index (χ1) is 11.3. The Morgan fingerprint density at radius 3 is 2.48 bits per heavy atom. The van der Waals surface area contributed by atoms with E-state index >= 15 is 0 Å². The van der Waals surface area contributed by atoms with Crippen molar-refractivity contribution in [2.24, 2.45) is 0 Å². The smallest absolute Gasteiger partial charge is 0.542 e. The Hall–Kier alpha value is -1.26. The van der Waals surface area contributed by atoms with Crippen LogP contribution in [0.1, 0.15) is 23.5 Å². The average Bonchev–Trinajstić information content (AvgIpc) is 2.53. The molecule has 0 unspecified atom stereocenters. The second-order valence-electron chi connectivity index (χ2n) is 5.83. The van der Waals surface area contributed by atoms with Crippen molar-refractivity contribution in [1.29, 1.82) is 0 Å². The number of benzene rings is 1. The molecule has 8 nitrogen and oxygen atoms in total. The molecule has 1 N–H and O–H groups in total. The minimum absolute atomic E-state index is 0. The van der Waals surface area contributed by atoms with Crippen LogP contribution in [0.4, 0.5) is 5.82 Å². The van der Waals surface area contributed by atoms with Gasteiger partial charge in [0, 0.05) is 24.5 Å². The van der Waals surface area contributed by atoms with Crippen molar-refractivity contribution in [3.8, 4) is 0 Å². The Balaban J connectivity index is 0.00000225. The number of aromatic nitrogens is 2. The summed E-state index contributed by atoms with van der Waals surface area (Å²) < 4.78 is 25.3. The number of carboxylic acid groups (broad SMARTS) is 1. The first kappa shape index (κ1) is 20.1. The molecule has 0 radical (unpaired) electrons. The number of carboxylic acids is 1. The summed E-state index contributed by atoms with van der Waals surface area (Å²) in [6, 6.07) is 7.06. The van der Waals surface area contributed by atoms with Crippen LogP contribution in [0.15, 0.2) is 24.3 Å². The quantitative estimate of drug-likeness (QED) is 0.554. The molecule has 0 aliphatic carbocycles. The molecule has 1 saturated heterocycles. The Labute approximate surface area is 168 Å². The zero-order valence-electron chi connectivity index (χ0n) is 14.1. The second kappa shape index (κ2) is 7.96. The zero-order valence-corrected chi connectivity index (χ0v) is 16.9. The largest absolute Gasteiger partial charge is 1.00 e. The molecule has 1 aromatic heterocycles. The standard InChI is InChI=1S/C15H18N4O4S.Na/c1-24(22,23)18-10-6-8-19(9-7-10)14-11-4-2-3-5-12(11)16-13(17-14)15(20)21;/h2-5,10,18H,6-9H2,1H3,(H,20,21);/q;+1/p-1. The van der Waals surface area contributed by atoms with E-state index in [-0.39, 0.29) is 41.4 Å². The van der Waals surface area contributed by atoms with Gasteiger partial charge in [0.25, 0.3) is 0 Å². The van der Waals surface area contributed by atoms with Gasteiger partial charge >= 0.3 is 29.6 Å². The van der Waals surface area contributed by atoms with Gasteiger partial charge in [0.2, 0.25) is 10.0 Å². The molecule has 3 rings (SSSR count). The number of aromatic carboxylic acids is 1. The molecular weight excluding hydrogens is 355 g/mol. The van der Waals surface area contributed by atoms with Crippen molar-refractivity contribution in [2.75, 3.05) is 24.2 Å². The summed E-state index contributed by atoms with van der Waals surface area (Å²) >= 11 is 0. The van der Waals surface area contributed by atoms with E-state index in [0.717, 1.165) is 11.6 Å². The van der Waals surface area contributed by atoms with Crippen LogP contribution in [-0.2, 0) is 10.0 Å². The van der Waals surface area contributed by atoms with Crippen molar-refractivity contribution < 1.29 is 47.9 Å². The number of sulfonamides is 1. The van der Waals surface area contributed by atoms with Gasteiger partial charge in [0.15, 0.2) is 5.82 Å². The molecular formula is C15H17N4NaO4S. The number of nitrogens with one attached hydrogen (secondary N) is 1. The summed E-state index contributed by atoms with van der Waals surface area (Å²) in [5.74, 6) is -1.23. The topological polar surface area (TPSA) is 115 Å². The maximum atomic E-state index is 11.3. The van der Waals surface area contributed by atoms with E-state index in [4.69, 9.17) is 0 Å². The van der Waals surface area contributed by atoms with E-state index in [1.165, 1.54) is 0 Å². The van der Waals surface area contributed by atoms with Crippen molar-refractivity contribution in [3.05, 3.63) is 30.1 Å². The number of rotatable bonds is 4. The van der Waals surface area contributed by atoms with Crippen LogP contribution in [0.3, 0.4) is 0 Å². The number of nitrogens with zero attached hydrogens (tertiary/aromatic N) is 3. The molecule has 1 aliphatic heterocycles. The third-order valence-corrected chi connectivity index (χ3v) is 4.70.